The largest absolute Gasteiger partial charge is 0.339 e. The van der Waals surface area contributed by atoms with Crippen LogP contribution >= 0.6 is 0 Å². The van der Waals surface area contributed by atoms with Crippen LogP contribution in [0.1, 0.15) is 23.2 Å². The van der Waals surface area contributed by atoms with Crippen LogP contribution < -0.4 is 10.5 Å². The lowest BCUT2D eigenvalue weighted by Gasteiger charge is -2.35. The average molecular weight is 430 g/mol. The minimum Gasteiger partial charge on any atom is -0.339 e. The first-order chi connectivity index (χ1) is 15.6. The number of aromatic amines is 1. The third kappa shape index (κ3) is 3.73. The molecule has 1 saturated heterocycles. The summed E-state index contributed by atoms with van der Waals surface area (Å²) in [6.07, 6.45) is 0.679. The van der Waals surface area contributed by atoms with E-state index in [1.54, 1.807) is 18.2 Å². The Bertz CT molecular complexity index is 1320. The normalized spacial score (nSPS) is 14.2. The van der Waals surface area contributed by atoms with Gasteiger partial charge in [0.15, 0.2) is 0 Å². The van der Waals surface area contributed by atoms with Crippen molar-refractivity contribution in [3.63, 3.8) is 0 Å². The van der Waals surface area contributed by atoms with E-state index in [4.69, 9.17) is 4.52 Å². The molecule has 1 fully saturated rings. The maximum Gasteiger partial charge on any atom is 0.260 e. The van der Waals surface area contributed by atoms with E-state index in [1.165, 1.54) is 0 Å². The summed E-state index contributed by atoms with van der Waals surface area (Å²) in [6, 6.07) is 14.5. The van der Waals surface area contributed by atoms with E-state index in [1.807, 2.05) is 47.1 Å². The number of carbonyl (C=O) groups is 1. The van der Waals surface area contributed by atoms with Gasteiger partial charge in [0.2, 0.25) is 17.7 Å². The lowest BCUT2D eigenvalue weighted by molar-refractivity contribution is 0.0746. The van der Waals surface area contributed by atoms with Crippen LogP contribution in [0.3, 0.4) is 0 Å². The molecule has 2 aromatic heterocycles. The predicted molar refractivity (Wildman–Crippen MR) is 120 cm³/mol. The fourth-order valence-corrected chi connectivity index (χ4v) is 3.81. The standard InChI is InChI=1S/C23H22N6O3/c1-2-19-25-20(27-32-19)15-7-9-16(10-8-15)22(31)28-11-13-29(14-12-28)23-24-18-6-4-3-5-17(18)21(30)26-23/h3-10H,2,11-14H2,1H3,(H,24,26,30). The number of nitrogens with zero attached hydrogens (tertiary/aromatic N) is 5. The molecule has 9 nitrogen and oxygen atoms in total. The quantitative estimate of drug-likeness (QED) is 0.530. The van der Waals surface area contributed by atoms with Crippen LogP contribution in [0.4, 0.5) is 5.95 Å². The summed E-state index contributed by atoms with van der Waals surface area (Å²) in [5, 5.41) is 4.54. The number of carbonyl (C=O) groups excluding carboxylic acids is 1. The molecule has 0 aliphatic carbocycles. The first-order valence-corrected chi connectivity index (χ1v) is 10.6. The van der Waals surface area contributed by atoms with Crippen molar-refractivity contribution in [1.82, 2.24) is 25.0 Å². The Labute approximate surface area is 183 Å². The smallest absolute Gasteiger partial charge is 0.260 e. The van der Waals surface area contributed by atoms with Crippen molar-refractivity contribution >= 4 is 22.8 Å². The molecular weight excluding hydrogens is 408 g/mol. The van der Waals surface area contributed by atoms with Gasteiger partial charge in [0, 0.05) is 43.7 Å². The first kappa shape index (κ1) is 19.9. The van der Waals surface area contributed by atoms with Gasteiger partial charge >= 0.3 is 0 Å². The summed E-state index contributed by atoms with van der Waals surface area (Å²) in [5.41, 5.74) is 1.93. The second-order valence-electron chi connectivity index (χ2n) is 7.63. The van der Waals surface area contributed by atoms with E-state index >= 15 is 0 Å². The number of H-pyrrole nitrogens is 1. The molecule has 3 heterocycles. The number of amides is 1. The molecule has 1 aliphatic rings. The van der Waals surface area contributed by atoms with E-state index in [0.29, 0.717) is 66.7 Å². The molecule has 5 rings (SSSR count). The molecule has 1 amide bonds. The van der Waals surface area contributed by atoms with E-state index in [2.05, 4.69) is 20.1 Å². The van der Waals surface area contributed by atoms with Gasteiger partial charge in [-0.1, -0.05) is 36.3 Å². The number of anilines is 1. The average Bonchev–Trinajstić information content (AvgIpc) is 3.33. The lowest BCUT2D eigenvalue weighted by atomic mass is 10.1. The summed E-state index contributed by atoms with van der Waals surface area (Å²) in [7, 11) is 0. The molecule has 1 aliphatic heterocycles. The highest BCUT2D eigenvalue weighted by molar-refractivity contribution is 5.94. The first-order valence-electron chi connectivity index (χ1n) is 10.6. The zero-order valence-corrected chi connectivity index (χ0v) is 17.6. The number of benzene rings is 2. The Balaban J connectivity index is 1.26. The van der Waals surface area contributed by atoms with Crippen molar-refractivity contribution < 1.29 is 9.32 Å². The Hall–Kier alpha value is -4.01. The van der Waals surface area contributed by atoms with Crippen molar-refractivity contribution in [2.45, 2.75) is 13.3 Å². The molecule has 32 heavy (non-hydrogen) atoms. The summed E-state index contributed by atoms with van der Waals surface area (Å²) in [5.74, 6) is 1.61. The molecule has 0 radical (unpaired) electrons. The van der Waals surface area contributed by atoms with Gasteiger partial charge < -0.3 is 14.3 Å². The fraction of sp³-hybridized carbons (Fsp3) is 0.261. The number of fused-ring (bicyclic) bond motifs is 1. The van der Waals surface area contributed by atoms with Gasteiger partial charge in [0.05, 0.1) is 10.9 Å². The lowest BCUT2D eigenvalue weighted by Crippen LogP contribution is -2.49. The number of aromatic nitrogens is 4. The van der Waals surface area contributed by atoms with E-state index in [9.17, 15) is 9.59 Å². The molecule has 0 saturated carbocycles. The third-order valence-electron chi connectivity index (χ3n) is 5.63. The Morgan fingerprint density at radius 3 is 2.50 bits per heavy atom. The van der Waals surface area contributed by atoms with Crippen molar-refractivity contribution in [2.24, 2.45) is 0 Å². The van der Waals surface area contributed by atoms with Crippen LogP contribution in [0.2, 0.25) is 0 Å². The summed E-state index contributed by atoms with van der Waals surface area (Å²) in [4.78, 5) is 40.9. The second kappa shape index (κ2) is 8.26. The Kier molecular flexibility index (Phi) is 5.14. The number of hydrogen-bond donors (Lipinski definition) is 1. The van der Waals surface area contributed by atoms with Crippen LogP contribution in [-0.2, 0) is 6.42 Å². The molecule has 2 aromatic carbocycles. The molecule has 0 unspecified atom stereocenters. The van der Waals surface area contributed by atoms with E-state index < -0.39 is 0 Å². The molecule has 4 aromatic rings. The highest BCUT2D eigenvalue weighted by Crippen LogP contribution is 2.19. The van der Waals surface area contributed by atoms with Gasteiger partial charge in [-0.25, -0.2) is 4.98 Å². The van der Waals surface area contributed by atoms with E-state index in [-0.39, 0.29) is 11.5 Å². The zero-order chi connectivity index (χ0) is 22.1. The maximum absolute atomic E-state index is 13.0. The summed E-state index contributed by atoms with van der Waals surface area (Å²) < 4.78 is 5.15. The van der Waals surface area contributed by atoms with E-state index in [0.717, 1.165) is 5.56 Å². The minimum absolute atomic E-state index is 0.0291. The van der Waals surface area contributed by atoms with Crippen molar-refractivity contribution in [1.29, 1.82) is 0 Å². The molecule has 0 bridgehead atoms. The van der Waals surface area contributed by atoms with Crippen LogP contribution in [0.15, 0.2) is 57.8 Å². The van der Waals surface area contributed by atoms with Gasteiger partial charge in [0.1, 0.15) is 0 Å². The number of hydrogen-bond acceptors (Lipinski definition) is 7. The number of rotatable bonds is 4. The SMILES string of the molecule is CCc1nc(-c2ccc(C(=O)N3CCN(c4nc5ccccc5c(=O)[nH]4)CC3)cc2)no1. The highest BCUT2D eigenvalue weighted by Gasteiger charge is 2.24. The maximum atomic E-state index is 13.0. The summed E-state index contributed by atoms with van der Waals surface area (Å²) in [6.45, 7) is 4.22. The third-order valence-corrected chi connectivity index (χ3v) is 5.63. The van der Waals surface area contributed by atoms with Crippen LogP contribution in [0.25, 0.3) is 22.3 Å². The Morgan fingerprint density at radius 1 is 1.03 bits per heavy atom. The van der Waals surface area contributed by atoms with Gasteiger partial charge in [-0.3, -0.25) is 14.6 Å². The van der Waals surface area contributed by atoms with Gasteiger partial charge in [-0.2, -0.15) is 4.98 Å². The molecule has 9 heteroatoms. The van der Waals surface area contributed by atoms with Gasteiger partial charge in [-0.05, 0) is 24.3 Å². The van der Waals surface area contributed by atoms with Crippen LogP contribution in [0.5, 0.6) is 0 Å². The number of piperazine rings is 1. The Morgan fingerprint density at radius 2 is 1.78 bits per heavy atom. The summed E-state index contributed by atoms with van der Waals surface area (Å²) >= 11 is 0. The second-order valence-corrected chi connectivity index (χ2v) is 7.63. The molecule has 162 valence electrons. The number of para-hydroxylation sites is 1. The van der Waals surface area contributed by atoms with Gasteiger partial charge in [0.25, 0.3) is 11.5 Å². The molecule has 0 atom stereocenters. The van der Waals surface area contributed by atoms with Crippen LogP contribution in [0, 0.1) is 0 Å². The number of nitrogens with one attached hydrogen (secondary N) is 1. The monoisotopic (exact) mass is 430 g/mol. The predicted octanol–water partition coefficient (Wildman–Crippen LogP) is 2.50. The minimum atomic E-state index is -0.156. The van der Waals surface area contributed by atoms with Crippen molar-refractivity contribution in [3.05, 3.63) is 70.3 Å². The van der Waals surface area contributed by atoms with Crippen molar-refractivity contribution in [2.75, 3.05) is 31.1 Å². The topological polar surface area (TPSA) is 108 Å². The van der Waals surface area contributed by atoms with Crippen LogP contribution in [-0.4, -0.2) is 57.1 Å². The zero-order valence-electron chi connectivity index (χ0n) is 17.6. The van der Waals surface area contributed by atoms with Gasteiger partial charge in [-0.15, -0.1) is 0 Å². The molecular formula is C23H22N6O3. The molecule has 1 N–H and O–H groups in total. The fourth-order valence-electron chi connectivity index (χ4n) is 3.81. The number of aryl methyl sites for hydroxylation is 1. The highest BCUT2D eigenvalue weighted by atomic mass is 16.5. The molecule has 0 spiro atoms. The van der Waals surface area contributed by atoms with Crippen molar-refractivity contribution in [3.8, 4) is 11.4 Å².